The van der Waals surface area contributed by atoms with Gasteiger partial charge in [0.05, 0.1) is 16.0 Å². The van der Waals surface area contributed by atoms with E-state index in [1.54, 1.807) is 11.3 Å². The molecule has 0 unspecified atom stereocenters. The van der Waals surface area contributed by atoms with Crippen molar-refractivity contribution in [1.29, 1.82) is 0 Å². The van der Waals surface area contributed by atoms with E-state index >= 15 is 0 Å². The van der Waals surface area contributed by atoms with E-state index in [9.17, 15) is 4.79 Å². The van der Waals surface area contributed by atoms with Crippen molar-refractivity contribution in [2.24, 2.45) is 0 Å². The number of carboxylic acid groups (broad SMARTS) is 1. The largest absolute Gasteiger partial charge is 0.481 e. The summed E-state index contributed by atoms with van der Waals surface area (Å²) < 4.78 is 1.10. The molecule has 0 fully saturated rings. The van der Waals surface area contributed by atoms with Crippen LogP contribution >= 0.6 is 23.1 Å². The van der Waals surface area contributed by atoms with Gasteiger partial charge < -0.3 is 5.11 Å². The molecule has 0 saturated carbocycles. The normalized spacial score (nSPS) is 11.6. The Bertz CT molecular complexity index is 1100. The summed E-state index contributed by atoms with van der Waals surface area (Å²) in [5.74, 6) is -0.833. The van der Waals surface area contributed by atoms with Crippen LogP contribution in [0.4, 0.5) is 0 Å². The molecule has 1 heterocycles. The van der Waals surface area contributed by atoms with E-state index in [4.69, 9.17) is 5.11 Å². The predicted octanol–water partition coefficient (Wildman–Crippen LogP) is 6.28. The monoisotopic (exact) mass is 403 g/mol. The number of hydrogen-bond donors (Lipinski definition) is 1. The van der Waals surface area contributed by atoms with E-state index in [2.05, 4.69) is 41.4 Å². The zero-order chi connectivity index (χ0) is 19.3. The Morgan fingerprint density at radius 2 is 1.61 bits per heavy atom. The van der Waals surface area contributed by atoms with E-state index in [0.717, 1.165) is 31.3 Å². The number of thioether (sulfide) groups is 1. The molecule has 0 atom stereocenters. The van der Waals surface area contributed by atoms with Gasteiger partial charge in [-0.3, -0.25) is 4.79 Å². The molecule has 3 aromatic carbocycles. The van der Waals surface area contributed by atoms with E-state index in [0.29, 0.717) is 0 Å². The molecule has 0 spiro atoms. The van der Waals surface area contributed by atoms with Gasteiger partial charge in [-0.1, -0.05) is 66.7 Å². The highest BCUT2D eigenvalue weighted by Crippen LogP contribution is 2.35. The number of thiazole rings is 1. The maximum atomic E-state index is 11.1. The summed E-state index contributed by atoms with van der Waals surface area (Å²) in [5.41, 5.74) is 4.28. The number of nitrogens with zero attached hydrogens (tertiary/aromatic N) is 1. The number of fused-ring (bicyclic) bond motifs is 1. The molecule has 0 saturated heterocycles. The molecule has 0 aliphatic rings. The molecule has 1 aromatic heterocycles. The van der Waals surface area contributed by atoms with E-state index in [-0.39, 0.29) is 5.75 Å². The number of aliphatic carboxylic acids is 1. The molecule has 4 aromatic rings. The van der Waals surface area contributed by atoms with Gasteiger partial charge in [0, 0.05) is 4.91 Å². The van der Waals surface area contributed by atoms with E-state index in [1.165, 1.54) is 17.3 Å². The molecule has 0 aliphatic carbocycles. The van der Waals surface area contributed by atoms with Crippen LogP contribution in [0.5, 0.6) is 0 Å². The van der Waals surface area contributed by atoms with Gasteiger partial charge >= 0.3 is 5.97 Å². The van der Waals surface area contributed by atoms with Gasteiger partial charge in [0.15, 0.2) is 0 Å². The fourth-order valence-electron chi connectivity index (χ4n) is 2.84. The molecule has 28 heavy (non-hydrogen) atoms. The highest BCUT2D eigenvalue weighted by molar-refractivity contribution is 8.09. The predicted molar refractivity (Wildman–Crippen MR) is 119 cm³/mol. The van der Waals surface area contributed by atoms with Crippen molar-refractivity contribution in [2.45, 2.75) is 0 Å². The zero-order valence-corrected chi connectivity index (χ0v) is 16.5. The van der Waals surface area contributed by atoms with Crippen LogP contribution in [-0.2, 0) is 4.79 Å². The van der Waals surface area contributed by atoms with Gasteiger partial charge in [-0.15, -0.1) is 23.1 Å². The fraction of sp³-hybridized carbons (Fsp3) is 0.0435. The lowest BCUT2D eigenvalue weighted by atomic mass is 10.0. The van der Waals surface area contributed by atoms with Gasteiger partial charge in [0.1, 0.15) is 5.01 Å². The summed E-state index contributed by atoms with van der Waals surface area (Å²) in [6.07, 6.45) is 2.01. The van der Waals surface area contributed by atoms with Gasteiger partial charge in [0.2, 0.25) is 0 Å². The zero-order valence-electron chi connectivity index (χ0n) is 14.9. The highest BCUT2D eigenvalue weighted by Gasteiger charge is 2.12. The lowest BCUT2D eigenvalue weighted by Crippen LogP contribution is -1.98. The molecule has 0 aliphatic heterocycles. The summed E-state index contributed by atoms with van der Waals surface area (Å²) in [6.45, 7) is 0. The molecular weight excluding hydrogens is 386 g/mol. The maximum absolute atomic E-state index is 11.1. The summed E-state index contributed by atoms with van der Waals surface area (Å²) in [4.78, 5) is 16.7. The second kappa shape index (κ2) is 8.42. The first-order valence-electron chi connectivity index (χ1n) is 8.77. The molecule has 4 rings (SSSR count). The first-order chi connectivity index (χ1) is 13.7. The lowest BCUT2D eigenvalue weighted by molar-refractivity contribution is -0.133. The summed E-state index contributed by atoms with van der Waals surface area (Å²) >= 11 is 2.89. The topological polar surface area (TPSA) is 50.2 Å². The molecule has 138 valence electrons. The average Bonchev–Trinajstić information content (AvgIpc) is 3.16. The molecule has 3 nitrogen and oxygen atoms in total. The van der Waals surface area contributed by atoms with Gasteiger partial charge in [0.25, 0.3) is 0 Å². The Morgan fingerprint density at radius 1 is 0.929 bits per heavy atom. The van der Waals surface area contributed by atoms with Crippen molar-refractivity contribution in [3.8, 4) is 11.1 Å². The molecule has 0 radical (unpaired) electrons. The van der Waals surface area contributed by atoms with Crippen LogP contribution in [0.25, 0.3) is 32.3 Å². The molecule has 0 bridgehead atoms. The van der Waals surface area contributed by atoms with Crippen molar-refractivity contribution in [3.63, 3.8) is 0 Å². The number of aromatic nitrogens is 1. The number of para-hydroxylation sites is 1. The smallest absolute Gasteiger partial charge is 0.313 e. The Kier molecular flexibility index (Phi) is 5.55. The number of benzene rings is 3. The Labute approximate surface area is 171 Å². The minimum atomic E-state index is -0.837. The van der Waals surface area contributed by atoms with Gasteiger partial charge in [-0.05, 0) is 34.9 Å². The number of carboxylic acids is 1. The van der Waals surface area contributed by atoms with Crippen LogP contribution in [0.2, 0.25) is 0 Å². The van der Waals surface area contributed by atoms with Crippen LogP contribution in [0, 0.1) is 0 Å². The van der Waals surface area contributed by atoms with Crippen molar-refractivity contribution < 1.29 is 9.90 Å². The minimum Gasteiger partial charge on any atom is -0.481 e. The molecule has 5 heteroatoms. The third kappa shape index (κ3) is 4.32. The standard InChI is InChI=1S/C23H17NO2S2/c25-22(26)15-27-21(23-24-19-8-4-5-9-20(19)28-23)14-16-10-12-18(13-11-16)17-6-2-1-3-7-17/h1-14H,15H2,(H,25,26)/b21-14-. The SMILES string of the molecule is O=C(O)CS/C(=C\c1ccc(-c2ccccc2)cc1)c1nc2ccccc2s1. The number of carbonyl (C=O) groups is 1. The molecular formula is C23H17NO2S2. The maximum Gasteiger partial charge on any atom is 0.313 e. The van der Waals surface area contributed by atoms with Crippen molar-refractivity contribution in [1.82, 2.24) is 4.98 Å². The first-order valence-corrected chi connectivity index (χ1v) is 10.6. The summed E-state index contributed by atoms with van der Waals surface area (Å²) in [6, 6.07) is 26.4. The lowest BCUT2D eigenvalue weighted by Gasteiger charge is -2.05. The summed E-state index contributed by atoms with van der Waals surface area (Å²) in [7, 11) is 0. The van der Waals surface area contributed by atoms with Crippen LogP contribution in [0.15, 0.2) is 78.9 Å². The Balaban J connectivity index is 1.67. The second-order valence-corrected chi connectivity index (χ2v) is 8.21. The highest BCUT2D eigenvalue weighted by atomic mass is 32.2. The van der Waals surface area contributed by atoms with Crippen molar-refractivity contribution in [3.05, 3.63) is 89.4 Å². The fourth-order valence-corrected chi connectivity index (χ4v) is 4.68. The van der Waals surface area contributed by atoms with Crippen LogP contribution in [0.1, 0.15) is 10.6 Å². The van der Waals surface area contributed by atoms with Crippen molar-refractivity contribution >= 4 is 50.3 Å². The summed E-state index contributed by atoms with van der Waals surface area (Å²) in [5, 5.41) is 9.96. The number of rotatable bonds is 6. The van der Waals surface area contributed by atoms with E-state index < -0.39 is 5.97 Å². The quantitative estimate of drug-likeness (QED) is 0.412. The van der Waals surface area contributed by atoms with Crippen LogP contribution < -0.4 is 0 Å². The molecule has 0 amide bonds. The average molecular weight is 404 g/mol. The molecule has 1 N–H and O–H groups in total. The third-order valence-electron chi connectivity index (χ3n) is 4.17. The number of hydrogen-bond acceptors (Lipinski definition) is 4. The van der Waals surface area contributed by atoms with E-state index in [1.807, 2.05) is 48.5 Å². The Morgan fingerprint density at radius 3 is 2.32 bits per heavy atom. The first kappa shape index (κ1) is 18.5. The van der Waals surface area contributed by atoms with Gasteiger partial charge in [-0.25, -0.2) is 4.98 Å². The van der Waals surface area contributed by atoms with Crippen LogP contribution in [0.3, 0.4) is 0 Å². The van der Waals surface area contributed by atoms with Crippen molar-refractivity contribution in [2.75, 3.05) is 5.75 Å². The Hall–Kier alpha value is -2.89. The van der Waals surface area contributed by atoms with Gasteiger partial charge in [-0.2, -0.15) is 0 Å². The third-order valence-corrected chi connectivity index (χ3v) is 6.38. The minimum absolute atomic E-state index is 0.00383. The second-order valence-electron chi connectivity index (χ2n) is 6.17. The van der Waals surface area contributed by atoms with Crippen LogP contribution in [-0.4, -0.2) is 21.8 Å².